The van der Waals surface area contributed by atoms with Crippen LogP contribution in [0.4, 0.5) is 15.8 Å². The summed E-state index contributed by atoms with van der Waals surface area (Å²) in [5.74, 6) is 0.438. The second-order valence-electron chi connectivity index (χ2n) is 6.31. The van der Waals surface area contributed by atoms with Crippen LogP contribution < -0.4 is 15.0 Å². The number of nitrogens with one attached hydrogen (secondary N) is 1. The van der Waals surface area contributed by atoms with E-state index in [4.69, 9.17) is 4.74 Å². The summed E-state index contributed by atoms with van der Waals surface area (Å²) >= 11 is 0. The molecule has 0 radical (unpaired) electrons. The van der Waals surface area contributed by atoms with Gasteiger partial charge in [-0.15, -0.1) is 12.4 Å². The lowest BCUT2D eigenvalue weighted by Crippen LogP contribution is -2.47. The molecule has 146 valence electrons. The van der Waals surface area contributed by atoms with E-state index in [1.807, 2.05) is 18.2 Å². The highest BCUT2D eigenvalue weighted by Gasteiger charge is 2.19. The Hall–Kier alpha value is -2.31. The molecule has 3 rings (SSSR count). The number of methoxy groups -OCH3 is 1. The molecule has 1 fully saturated rings. The molecule has 27 heavy (non-hydrogen) atoms. The van der Waals surface area contributed by atoms with Crippen molar-refractivity contribution in [2.75, 3.05) is 50.1 Å². The van der Waals surface area contributed by atoms with Crippen LogP contribution in [-0.4, -0.2) is 50.6 Å². The Kier molecular flexibility index (Phi) is 7.88. The van der Waals surface area contributed by atoms with Crippen LogP contribution in [-0.2, 0) is 4.79 Å². The lowest BCUT2D eigenvalue weighted by atomic mass is 10.2. The van der Waals surface area contributed by atoms with E-state index in [2.05, 4.69) is 21.2 Å². The molecule has 0 saturated carbocycles. The summed E-state index contributed by atoms with van der Waals surface area (Å²) in [6.07, 6.45) is 0.394. The van der Waals surface area contributed by atoms with Crippen molar-refractivity contribution in [1.29, 1.82) is 0 Å². The third-order valence-corrected chi connectivity index (χ3v) is 4.56. The van der Waals surface area contributed by atoms with Gasteiger partial charge >= 0.3 is 0 Å². The van der Waals surface area contributed by atoms with Crippen molar-refractivity contribution in [3.8, 4) is 5.75 Å². The second-order valence-corrected chi connectivity index (χ2v) is 6.31. The number of piperazine rings is 1. The molecule has 0 bridgehead atoms. The number of hydrogen-bond donors (Lipinski definition) is 1. The van der Waals surface area contributed by atoms with Gasteiger partial charge in [-0.25, -0.2) is 4.39 Å². The molecule has 5 nitrogen and oxygen atoms in total. The fourth-order valence-corrected chi connectivity index (χ4v) is 3.15. The number of nitrogens with zero attached hydrogens (tertiary/aromatic N) is 2. The molecule has 0 aromatic heterocycles. The number of amides is 1. The number of ether oxygens (including phenoxy) is 1. The number of halogens is 2. The van der Waals surface area contributed by atoms with Crippen molar-refractivity contribution in [3.63, 3.8) is 0 Å². The fourth-order valence-electron chi connectivity index (χ4n) is 3.15. The highest BCUT2D eigenvalue weighted by atomic mass is 35.5. The summed E-state index contributed by atoms with van der Waals surface area (Å²) in [4.78, 5) is 16.6. The van der Waals surface area contributed by atoms with Crippen molar-refractivity contribution in [3.05, 3.63) is 54.3 Å². The van der Waals surface area contributed by atoms with Gasteiger partial charge in [0, 0.05) is 44.8 Å². The SMILES string of the molecule is COc1ccccc1N1CCN(CCC(=O)Nc2cccc(F)c2)CC1.Cl. The maximum Gasteiger partial charge on any atom is 0.225 e. The fraction of sp³-hybridized carbons (Fsp3) is 0.350. The number of anilines is 2. The predicted octanol–water partition coefficient (Wildman–Crippen LogP) is 3.41. The monoisotopic (exact) mass is 393 g/mol. The topological polar surface area (TPSA) is 44.8 Å². The van der Waals surface area contributed by atoms with Crippen molar-refractivity contribution >= 4 is 29.7 Å². The van der Waals surface area contributed by atoms with Crippen molar-refractivity contribution in [1.82, 2.24) is 4.90 Å². The normalized spacial score (nSPS) is 14.4. The zero-order valence-corrected chi connectivity index (χ0v) is 16.2. The highest BCUT2D eigenvalue weighted by molar-refractivity contribution is 5.90. The van der Waals surface area contributed by atoms with Crippen LogP contribution >= 0.6 is 12.4 Å². The molecule has 1 aliphatic heterocycles. The van der Waals surface area contributed by atoms with Gasteiger partial charge in [0.1, 0.15) is 11.6 Å². The first-order valence-electron chi connectivity index (χ1n) is 8.81. The zero-order valence-electron chi connectivity index (χ0n) is 15.4. The summed E-state index contributed by atoms with van der Waals surface area (Å²) in [6, 6.07) is 14.0. The van der Waals surface area contributed by atoms with Crippen LogP contribution in [0.2, 0.25) is 0 Å². The number of carbonyl (C=O) groups is 1. The Labute approximate surface area is 165 Å². The molecule has 0 atom stereocenters. The predicted molar refractivity (Wildman–Crippen MR) is 109 cm³/mol. The number of carbonyl (C=O) groups excluding carboxylic acids is 1. The molecule has 1 saturated heterocycles. The summed E-state index contributed by atoms with van der Waals surface area (Å²) in [7, 11) is 1.69. The molecule has 0 aliphatic carbocycles. The summed E-state index contributed by atoms with van der Waals surface area (Å²) < 4.78 is 18.6. The molecule has 2 aromatic rings. The maximum absolute atomic E-state index is 13.2. The first-order chi connectivity index (χ1) is 12.7. The molecule has 2 aromatic carbocycles. The van der Waals surface area contributed by atoms with Gasteiger partial charge in [-0.2, -0.15) is 0 Å². The van der Waals surface area contributed by atoms with Gasteiger partial charge in [-0.1, -0.05) is 18.2 Å². The van der Waals surface area contributed by atoms with E-state index in [0.29, 0.717) is 18.7 Å². The Morgan fingerprint density at radius 1 is 1.11 bits per heavy atom. The van der Waals surface area contributed by atoms with E-state index >= 15 is 0 Å². The van der Waals surface area contributed by atoms with Gasteiger partial charge in [-0.05, 0) is 30.3 Å². The molecular weight excluding hydrogens is 369 g/mol. The average Bonchev–Trinajstić information content (AvgIpc) is 2.67. The van der Waals surface area contributed by atoms with E-state index in [9.17, 15) is 9.18 Å². The number of rotatable bonds is 6. The molecule has 0 spiro atoms. The molecule has 1 N–H and O–H groups in total. The third kappa shape index (κ3) is 5.84. The van der Waals surface area contributed by atoms with Gasteiger partial charge in [0.25, 0.3) is 0 Å². The Morgan fingerprint density at radius 3 is 2.56 bits per heavy atom. The second kappa shape index (κ2) is 10.1. The Bertz CT molecular complexity index is 752. The molecule has 1 amide bonds. The lowest BCUT2D eigenvalue weighted by molar-refractivity contribution is -0.116. The van der Waals surface area contributed by atoms with E-state index in [0.717, 1.165) is 37.6 Å². The zero-order chi connectivity index (χ0) is 18.4. The lowest BCUT2D eigenvalue weighted by Gasteiger charge is -2.36. The number of para-hydroxylation sites is 2. The van der Waals surface area contributed by atoms with Crippen molar-refractivity contribution in [2.45, 2.75) is 6.42 Å². The van der Waals surface area contributed by atoms with E-state index in [1.54, 1.807) is 19.2 Å². The minimum atomic E-state index is -0.352. The largest absolute Gasteiger partial charge is 0.495 e. The first kappa shape index (κ1) is 21.0. The van der Waals surface area contributed by atoms with Crippen LogP contribution in [0.5, 0.6) is 5.75 Å². The molecule has 1 aliphatic rings. The quantitative estimate of drug-likeness (QED) is 0.816. The van der Waals surface area contributed by atoms with E-state index in [-0.39, 0.29) is 24.1 Å². The minimum absolute atomic E-state index is 0. The molecule has 7 heteroatoms. The van der Waals surface area contributed by atoms with E-state index in [1.165, 1.54) is 12.1 Å². The maximum atomic E-state index is 13.2. The van der Waals surface area contributed by atoms with Crippen molar-refractivity contribution in [2.24, 2.45) is 0 Å². The minimum Gasteiger partial charge on any atom is -0.495 e. The standard InChI is InChI=1S/C20H24FN3O2.ClH/c1-26-19-8-3-2-7-18(19)24-13-11-23(12-14-24)10-9-20(25)22-17-6-4-5-16(21)15-17;/h2-8,15H,9-14H2,1H3,(H,22,25);1H. The number of benzene rings is 2. The van der Waals surface area contributed by atoms with Crippen LogP contribution in [0.15, 0.2) is 48.5 Å². The first-order valence-corrected chi connectivity index (χ1v) is 8.81. The summed E-state index contributed by atoms with van der Waals surface area (Å²) in [5, 5.41) is 2.74. The van der Waals surface area contributed by atoms with Crippen LogP contribution in [0.25, 0.3) is 0 Å². The smallest absolute Gasteiger partial charge is 0.225 e. The van der Waals surface area contributed by atoms with Gasteiger partial charge in [-0.3, -0.25) is 9.69 Å². The van der Waals surface area contributed by atoms with Crippen LogP contribution in [0.1, 0.15) is 6.42 Å². The Balaban J connectivity index is 0.00000261. The molecule has 1 heterocycles. The van der Waals surface area contributed by atoms with Crippen LogP contribution in [0, 0.1) is 5.82 Å². The van der Waals surface area contributed by atoms with Crippen LogP contribution in [0.3, 0.4) is 0 Å². The van der Waals surface area contributed by atoms with Gasteiger partial charge in [0.2, 0.25) is 5.91 Å². The average molecular weight is 394 g/mol. The highest BCUT2D eigenvalue weighted by Crippen LogP contribution is 2.28. The third-order valence-electron chi connectivity index (χ3n) is 4.56. The van der Waals surface area contributed by atoms with Gasteiger partial charge < -0.3 is 15.0 Å². The summed E-state index contributed by atoms with van der Waals surface area (Å²) in [5.41, 5.74) is 1.61. The van der Waals surface area contributed by atoms with Gasteiger partial charge in [0.15, 0.2) is 0 Å². The Morgan fingerprint density at radius 2 is 1.85 bits per heavy atom. The van der Waals surface area contributed by atoms with Gasteiger partial charge in [0.05, 0.1) is 12.8 Å². The number of hydrogen-bond acceptors (Lipinski definition) is 4. The summed E-state index contributed by atoms with van der Waals surface area (Å²) in [6.45, 7) is 4.27. The molecule has 0 unspecified atom stereocenters. The molecular formula is C20H25ClFN3O2. The van der Waals surface area contributed by atoms with E-state index < -0.39 is 0 Å². The van der Waals surface area contributed by atoms with Crippen molar-refractivity contribution < 1.29 is 13.9 Å².